The Bertz CT molecular complexity index is 854. The standard InChI is InChI=1S/C25H32N2O4/c1-26(13-7-10-19-8-5-4-6-9-19)24(28)20-11-14-27(15-12-20)25(29)21-16-22(30-2)18-23(17-21)31-3/h4-6,8-9,16-18,20H,7,10-15H2,1-3H3. The highest BCUT2D eigenvalue weighted by molar-refractivity contribution is 5.95. The fraction of sp³-hybridized carbons (Fsp3) is 0.440. The average molecular weight is 425 g/mol. The van der Waals surface area contributed by atoms with Crippen LogP contribution in [0.4, 0.5) is 0 Å². The molecule has 0 N–H and O–H groups in total. The number of hydrogen-bond donors (Lipinski definition) is 0. The zero-order chi connectivity index (χ0) is 22.2. The number of hydrogen-bond acceptors (Lipinski definition) is 4. The van der Waals surface area contributed by atoms with E-state index in [1.165, 1.54) is 5.56 Å². The Morgan fingerprint density at radius 3 is 2.19 bits per heavy atom. The van der Waals surface area contributed by atoms with Crippen LogP contribution in [0.3, 0.4) is 0 Å². The third-order valence-electron chi connectivity index (χ3n) is 5.91. The van der Waals surface area contributed by atoms with Crippen LogP contribution in [0.25, 0.3) is 0 Å². The van der Waals surface area contributed by atoms with Crippen molar-refractivity contribution in [3.63, 3.8) is 0 Å². The van der Waals surface area contributed by atoms with Crippen LogP contribution >= 0.6 is 0 Å². The summed E-state index contributed by atoms with van der Waals surface area (Å²) in [7, 11) is 5.01. The maximum absolute atomic E-state index is 12.9. The first-order chi connectivity index (χ1) is 15.0. The molecule has 1 saturated heterocycles. The maximum atomic E-state index is 12.9. The molecule has 0 unspecified atom stereocenters. The van der Waals surface area contributed by atoms with Gasteiger partial charge in [-0.05, 0) is 43.4 Å². The van der Waals surface area contributed by atoms with Gasteiger partial charge in [-0.3, -0.25) is 9.59 Å². The molecular formula is C25H32N2O4. The Kier molecular flexibility index (Phi) is 7.93. The van der Waals surface area contributed by atoms with Gasteiger partial charge in [-0.15, -0.1) is 0 Å². The molecule has 0 spiro atoms. The highest BCUT2D eigenvalue weighted by Gasteiger charge is 2.29. The van der Waals surface area contributed by atoms with E-state index in [-0.39, 0.29) is 17.7 Å². The molecule has 2 amide bonds. The molecule has 1 heterocycles. The van der Waals surface area contributed by atoms with E-state index in [2.05, 4.69) is 12.1 Å². The molecule has 2 aromatic carbocycles. The summed E-state index contributed by atoms with van der Waals surface area (Å²) in [6, 6.07) is 15.5. The fourth-order valence-electron chi connectivity index (χ4n) is 4.03. The van der Waals surface area contributed by atoms with Crippen LogP contribution in [0, 0.1) is 5.92 Å². The molecule has 0 atom stereocenters. The minimum Gasteiger partial charge on any atom is -0.497 e. The number of rotatable bonds is 8. The molecule has 166 valence electrons. The van der Waals surface area contributed by atoms with E-state index in [1.54, 1.807) is 32.4 Å². The SMILES string of the molecule is COc1cc(OC)cc(C(=O)N2CCC(C(=O)N(C)CCCc3ccccc3)CC2)c1. The van der Waals surface area contributed by atoms with Crippen molar-refractivity contribution in [1.82, 2.24) is 9.80 Å². The van der Waals surface area contributed by atoms with Crippen LogP contribution in [-0.4, -0.2) is 62.5 Å². The fourth-order valence-corrected chi connectivity index (χ4v) is 4.03. The van der Waals surface area contributed by atoms with Gasteiger partial charge in [-0.1, -0.05) is 30.3 Å². The number of piperidine rings is 1. The lowest BCUT2D eigenvalue weighted by Gasteiger charge is -2.33. The molecule has 1 aliphatic heterocycles. The number of benzene rings is 2. The molecule has 2 aromatic rings. The number of amides is 2. The molecule has 1 aliphatic rings. The second-order valence-corrected chi connectivity index (χ2v) is 8.02. The van der Waals surface area contributed by atoms with Crippen molar-refractivity contribution in [3.8, 4) is 11.5 Å². The van der Waals surface area contributed by atoms with E-state index in [1.807, 2.05) is 35.0 Å². The maximum Gasteiger partial charge on any atom is 0.254 e. The van der Waals surface area contributed by atoms with Crippen LogP contribution in [-0.2, 0) is 11.2 Å². The van der Waals surface area contributed by atoms with E-state index in [0.717, 1.165) is 19.4 Å². The quantitative estimate of drug-likeness (QED) is 0.649. The molecular weight excluding hydrogens is 392 g/mol. The van der Waals surface area contributed by atoms with Crippen LogP contribution < -0.4 is 9.47 Å². The Labute approximate surface area is 184 Å². The number of aryl methyl sites for hydroxylation is 1. The average Bonchev–Trinajstić information content (AvgIpc) is 2.83. The number of likely N-dealkylation sites (tertiary alicyclic amines) is 1. The van der Waals surface area contributed by atoms with Gasteiger partial charge < -0.3 is 19.3 Å². The number of ether oxygens (including phenoxy) is 2. The van der Waals surface area contributed by atoms with Gasteiger partial charge in [0.15, 0.2) is 0 Å². The summed E-state index contributed by atoms with van der Waals surface area (Å²) in [4.78, 5) is 29.4. The Balaban J connectivity index is 1.49. The lowest BCUT2D eigenvalue weighted by Crippen LogP contribution is -2.43. The zero-order valence-corrected chi connectivity index (χ0v) is 18.7. The monoisotopic (exact) mass is 424 g/mol. The highest BCUT2D eigenvalue weighted by Crippen LogP contribution is 2.26. The van der Waals surface area contributed by atoms with Gasteiger partial charge in [0.25, 0.3) is 5.91 Å². The van der Waals surface area contributed by atoms with Gasteiger partial charge in [-0.25, -0.2) is 0 Å². The summed E-state index contributed by atoms with van der Waals surface area (Å²) in [5.41, 5.74) is 1.84. The summed E-state index contributed by atoms with van der Waals surface area (Å²) >= 11 is 0. The molecule has 6 heteroatoms. The zero-order valence-electron chi connectivity index (χ0n) is 18.7. The van der Waals surface area contributed by atoms with Crippen molar-refractivity contribution in [2.75, 3.05) is 40.9 Å². The topological polar surface area (TPSA) is 59.1 Å². The Morgan fingerprint density at radius 2 is 1.61 bits per heavy atom. The summed E-state index contributed by atoms with van der Waals surface area (Å²) in [5, 5.41) is 0. The van der Waals surface area contributed by atoms with E-state index in [9.17, 15) is 9.59 Å². The van der Waals surface area contributed by atoms with Crippen molar-refractivity contribution in [3.05, 3.63) is 59.7 Å². The van der Waals surface area contributed by atoms with Crippen molar-refractivity contribution < 1.29 is 19.1 Å². The molecule has 0 saturated carbocycles. The second-order valence-electron chi connectivity index (χ2n) is 8.02. The lowest BCUT2D eigenvalue weighted by molar-refractivity contribution is -0.135. The van der Waals surface area contributed by atoms with Gasteiger partial charge in [0.1, 0.15) is 11.5 Å². The first-order valence-corrected chi connectivity index (χ1v) is 10.8. The predicted octanol–water partition coefficient (Wildman–Crippen LogP) is 3.65. The highest BCUT2D eigenvalue weighted by atomic mass is 16.5. The normalized spacial score (nSPS) is 14.2. The minimum absolute atomic E-state index is 0.0226. The molecule has 0 aromatic heterocycles. The molecule has 3 rings (SSSR count). The Hall–Kier alpha value is -3.02. The summed E-state index contributed by atoms with van der Waals surface area (Å²) in [5.74, 6) is 1.28. The van der Waals surface area contributed by atoms with E-state index in [0.29, 0.717) is 43.0 Å². The van der Waals surface area contributed by atoms with E-state index < -0.39 is 0 Å². The van der Waals surface area contributed by atoms with Gasteiger partial charge >= 0.3 is 0 Å². The number of carbonyl (C=O) groups excluding carboxylic acids is 2. The molecule has 0 radical (unpaired) electrons. The number of methoxy groups -OCH3 is 2. The second kappa shape index (κ2) is 10.8. The Morgan fingerprint density at radius 1 is 1.00 bits per heavy atom. The predicted molar refractivity (Wildman–Crippen MR) is 121 cm³/mol. The third-order valence-corrected chi connectivity index (χ3v) is 5.91. The first kappa shape index (κ1) is 22.7. The molecule has 1 fully saturated rings. The lowest BCUT2D eigenvalue weighted by atomic mass is 9.94. The number of carbonyl (C=O) groups is 2. The molecule has 0 bridgehead atoms. The minimum atomic E-state index is -0.0562. The van der Waals surface area contributed by atoms with Gasteiger partial charge in [0, 0.05) is 44.2 Å². The molecule has 0 aliphatic carbocycles. The summed E-state index contributed by atoms with van der Waals surface area (Å²) in [6.07, 6.45) is 3.29. The van der Waals surface area contributed by atoms with Gasteiger partial charge in [0.2, 0.25) is 5.91 Å². The van der Waals surface area contributed by atoms with Crippen molar-refractivity contribution in [2.24, 2.45) is 5.92 Å². The summed E-state index contributed by atoms with van der Waals surface area (Å²) in [6.45, 7) is 1.90. The van der Waals surface area contributed by atoms with Crippen LogP contribution in [0.15, 0.2) is 48.5 Å². The van der Waals surface area contributed by atoms with Crippen LogP contribution in [0.1, 0.15) is 35.2 Å². The molecule has 6 nitrogen and oxygen atoms in total. The summed E-state index contributed by atoms with van der Waals surface area (Å²) < 4.78 is 10.5. The van der Waals surface area contributed by atoms with E-state index >= 15 is 0 Å². The third kappa shape index (κ3) is 6.00. The van der Waals surface area contributed by atoms with Crippen molar-refractivity contribution >= 4 is 11.8 Å². The van der Waals surface area contributed by atoms with Crippen LogP contribution in [0.5, 0.6) is 11.5 Å². The number of nitrogens with zero attached hydrogens (tertiary/aromatic N) is 2. The smallest absolute Gasteiger partial charge is 0.254 e. The van der Waals surface area contributed by atoms with Crippen molar-refractivity contribution in [1.29, 1.82) is 0 Å². The van der Waals surface area contributed by atoms with Gasteiger partial charge in [-0.2, -0.15) is 0 Å². The molecule has 31 heavy (non-hydrogen) atoms. The van der Waals surface area contributed by atoms with E-state index in [4.69, 9.17) is 9.47 Å². The first-order valence-electron chi connectivity index (χ1n) is 10.8. The largest absolute Gasteiger partial charge is 0.497 e. The van der Waals surface area contributed by atoms with Crippen molar-refractivity contribution in [2.45, 2.75) is 25.7 Å². The van der Waals surface area contributed by atoms with Crippen LogP contribution in [0.2, 0.25) is 0 Å². The van der Waals surface area contributed by atoms with Gasteiger partial charge in [0.05, 0.1) is 14.2 Å².